The van der Waals surface area contributed by atoms with Gasteiger partial charge in [0.15, 0.2) is 0 Å². The van der Waals surface area contributed by atoms with Gasteiger partial charge >= 0.3 is 0 Å². The van der Waals surface area contributed by atoms with Crippen LogP contribution < -0.4 is 5.32 Å². The van der Waals surface area contributed by atoms with Gasteiger partial charge in [0, 0.05) is 32.2 Å². The van der Waals surface area contributed by atoms with Crippen molar-refractivity contribution < 1.29 is 4.79 Å². The van der Waals surface area contributed by atoms with Crippen molar-refractivity contribution in [3.63, 3.8) is 0 Å². The minimum Gasteiger partial charge on any atom is -0.339 e. The molecular formula is C14H27N3O. The molecule has 2 aliphatic rings. The van der Waals surface area contributed by atoms with Crippen molar-refractivity contribution in [1.82, 2.24) is 15.1 Å². The maximum absolute atomic E-state index is 12.3. The van der Waals surface area contributed by atoms with Crippen molar-refractivity contribution in [2.24, 2.45) is 0 Å². The number of likely N-dealkylation sites (tertiary alicyclic amines) is 1. The number of carbonyl (C=O) groups excluding carboxylic acids is 1. The van der Waals surface area contributed by atoms with Crippen molar-refractivity contribution in [3.05, 3.63) is 0 Å². The highest BCUT2D eigenvalue weighted by Gasteiger charge is 2.24. The van der Waals surface area contributed by atoms with Crippen molar-refractivity contribution in [2.45, 2.75) is 45.1 Å². The topological polar surface area (TPSA) is 35.6 Å². The van der Waals surface area contributed by atoms with E-state index in [9.17, 15) is 4.79 Å². The third kappa shape index (κ3) is 3.69. The van der Waals surface area contributed by atoms with Gasteiger partial charge in [-0.1, -0.05) is 19.8 Å². The van der Waals surface area contributed by atoms with E-state index in [1.807, 2.05) is 4.90 Å². The maximum atomic E-state index is 12.3. The zero-order valence-electron chi connectivity index (χ0n) is 11.7. The van der Waals surface area contributed by atoms with E-state index in [-0.39, 0.29) is 0 Å². The van der Waals surface area contributed by atoms with E-state index in [4.69, 9.17) is 0 Å². The molecule has 2 saturated heterocycles. The monoisotopic (exact) mass is 253 g/mol. The summed E-state index contributed by atoms with van der Waals surface area (Å²) in [7, 11) is 0. The number of amides is 1. The van der Waals surface area contributed by atoms with Gasteiger partial charge in [0.05, 0.1) is 6.54 Å². The van der Waals surface area contributed by atoms with Crippen LogP contribution in [-0.4, -0.2) is 61.0 Å². The summed E-state index contributed by atoms with van der Waals surface area (Å²) < 4.78 is 0. The average molecular weight is 253 g/mol. The Labute approximate surface area is 111 Å². The number of hydrogen-bond acceptors (Lipinski definition) is 3. The van der Waals surface area contributed by atoms with E-state index in [0.717, 1.165) is 32.7 Å². The average Bonchev–Trinajstić information content (AvgIpc) is 2.64. The van der Waals surface area contributed by atoms with Crippen LogP contribution in [0.15, 0.2) is 0 Å². The molecule has 2 rings (SSSR count). The Morgan fingerprint density at radius 1 is 1.17 bits per heavy atom. The zero-order valence-corrected chi connectivity index (χ0v) is 11.7. The fourth-order valence-corrected chi connectivity index (χ4v) is 3.10. The highest BCUT2D eigenvalue weighted by atomic mass is 16.2. The fraction of sp³-hybridized carbons (Fsp3) is 0.929. The molecule has 2 aliphatic heterocycles. The van der Waals surface area contributed by atoms with Gasteiger partial charge in [-0.05, 0) is 25.8 Å². The van der Waals surface area contributed by atoms with E-state index >= 15 is 0 Å². The quantitative estimate of drug-likeness (QED) is 0.817. The van der Waals surface area contributed by atoms with Crippen molar-refractivity contribution >= 4 is 5.91 Å². The van der Waals surface area contributed by atoms with Crippen molar-refractivity contribution in [3.8, 4) is 0 Å². The van der Waals surface area contributed by atoms with Crippen LogP contribution in [0.5, 0.6) is 0 Å². The van der Waals surface area contributed by atoms with Gasteiger partial charge in [-0.15, -0.1) is 0 Å². The molecule has 0 aliphatic carbocycles. The molecule has 0 spiro atoms. The van der Waals surface area contributed by atoms with E-state index in [2.05, 4.69) is 17.1 Å². The minimum atomic E-state index is 0.330. The number of nitrogens with zero attached hydrogens (tertiary/aromatic N) is 2. The van der Waals surface area contributed by atoms with Crippen LogP contribution in [0.2, 0.25) is 0 Å². The van der Waals surface area contributed by atoms with E-state index in [1.54, 1.807) is 0 Å². The number of rotatable bonds is 3. The first-order chi connectivity index (χ1) is 8.81. The maximum Gasteiger partial charge on any atom is 0.236 e. The lowest BCUT2D eigenvalue weighted by Gasteiger charge is -2.33. The third-order valence-corrected chi connectivity index (χ3v) is 4.28. The molecule has 4 nitrogen and oxygen atoms in total. The Kier molecular flexibility index (Phi) is 5.45. The molecule has 1 amide bonds. The first-order valence-electron chi connectivity index (χ1n) is 7.54. The molecule has 0 bridgehead atoms. The lowest BCUT2D eigenvalue weighted by Crippen LogP contribution is -2.50. The Morgan fingerprint density at radius 3 is 2.67 bits per heavy atom. The molecule has 0 radical (unpaired) electrons. The van der Waals surface area contributed by atoms with Gasteiger partial charge in [-0.2, -0.15) is 0 Å². The molecule has 1 atom stereocenters. The summed E-state index contributed by atoms with van der Waals surface area (Å²) in [5.41, 5.74) is 0. The van der Waals surface area contributed by atoms with Crippen LogP contribution in [0.25, 0.3) is 0 Å². The summed E-state index contributed by atoms with van der Waals surface area (Å²) >= 11 is 0. The van der Waals surface area contributed by atoms with Crippen LogP contribution >= 0.6 is 0 Å². The second-order valence-corrected chi connectivity index (χ2v) is 5.51. The van der Waals surface area contributed by atoms with Crippen LogP contribution in [0.4, 0.5) is 0 Å². The van der Waals surface area contributed by atoms with E-state index < -0.39 is 0 Å². The fourth-order valence-electron chi connectivity index (χ4n) is 3.10. The number of hydrogen-bond donors (Lipinski definition) is 1. The lowest BCUT2D eigenvalue weighted by atomic mass is 10.1. The summed E-state index contributed by atoms with van der Waals surface area (Å²) in [6, 6.07) is 0.624. The summed E-state index contributed by atoms with van der Waals surface area (Å²) in [6.45, 7) is 7.64. The van der Waals surface area contributed by atoms with Gasteiger partial charge in [-0.25, -0.2) is 0 Å². The summed E-state index contributed by atoms with van der Waals surface area (Å²) in [6.07, 6.45) is 6.36. The Morgan fingerprint density at radius 2 is 1.94 bits per heavy atom. The smallest absolute Gasteiger partial charge is 0.236 e. The number of carbonyl (C=O) groups is 1. The van der Waals surface area contributed by atoms with Gasteiger partial charge in [0.1, 0.15) is 0 Å². The predicted molar refractivity (Wildman–Crippen MR) is 73.6 cm³/mol. The molecule has 0 aromatic heterocycles. The van der Waals surface area contributed by atoms with Crippen LogP contribution in [0.1, 0.15) is 39.0 Å². The second-order valence-electron chi connectivity index (χ2n) is 5.51. The molecule has 18 heavy (non-hydrogen) atoms. The SMILES string of the molecule is CCC1CCCCCN1CC(=O)N1CCNCC1. The molecule has 1 N–H and O–H groups in total. The van der Waals surface area contributed by atoms with Crippen molar-refractivity contribution in [2.75, 3.05) is 39.3 Å². The molecule has 4 heteroatoms. The molecule has 104 valence electrons. The van der Waals surface area contributed by atoms with Gasteiger partial charge < -0.3 is 10.2 Å². The number of piperazine rings is 1. The molecule has 2 heterocycles. The van der Waals surface area contributed by atoms with Crippen LogP contribution in [-0.2, 0) is 4.79 Å². The summed E-state index contributed by atoms with van der Waals surface area (Å²) in [5, 5.41) is 3.30. The molecule has 0 aromatic rings. The Bertz CT molecular complexity index is 264. The summed E-state index contributed by atoms with van der Waals surface area (Å²) in [4.78, 5) is 16.7. The Balaban J connectivity index is 1.86. The Hall–Kier alpha value is -0.610. The van der Waals surface area contributed by atoms with Gasteiger partial charge in [0.2, 0.25) is 5.91 Å². The highest BCUT2D eigenvalue weighted by molar-refractivity contribution is 5.78. The molecular weight excluding hydrogens is 226 g/mol. The van der Waals surface area contributed by atoms with E-state index in [1.165, 1.54) is 32.1 Å². The van der Waals surface area contributed by atoms with E-state index in [0.29, 0.717) is 18.5 Å². The van der Waals surface area contributed by atoms with Crippen molar-refractivity contribution in [1.29, 1.82) is 0 Å². The third-order valence-electron chi connectivity index (χ3n) is 4.28. The predicted octanol–water partition coefficient (Wildman–Crippen LogP) is 1.07. The molecule has 0 aromatic carbocycles. The lowest BCUT2D eigenvalue weighted by molar-refractivity contribution is -0.133. The second kappa shape index (κ2) is 7.10. The first-order valence-corrected chi connectivity index (χ1v) is 7.54. The minimum absolute atomic E-state index is 0.330. The largest absolute Gasteiger partial charge is 0.339 e. The van der Waals surface area contributed by atoms with Crippen LogP contribution in [0, 0.1) is 0 Å². The molecule has 0 saturated carbocycles. The molecule has 2 fully saturated rings. The number of nitrogens with one attached hydrogen (secondary N) is 1. The molecule has 1 unspecified atom stereocenters. The van der Waals surface area contributed by atoms with Gasteiger partial charge in [-0.3, -0.25) is 9.69 Å². The normalized spacial score (nSPS) is 26.9. The highest BCUT2D eigenvalue weighted by Crippen LogP contribution is 2.19. The standard InChI is InChI=1S/C14H27N3O/c1-2-13-6-4-3-5-9-17(13)12-14(18)16-10-7-15-8-11-16/h13,15H,2-12H2,1H3. The van der Waals surface area contributed by atoms with Crippen LogP contribution in [0.3, 0.4) is 0 Å². The first kappa shape index (κ1) is 13.8. The summed E-state index contributed by atoms with van der Waals surface area (Å²) in [5.74, 6) is 0.330. The van der Waals surface area contributed by atoms with Gasteiger partial charge in [0.25, 0.3) is 0 Å². The zero-order chi connectivity index (χ0) is 12.8.